The number of hydrogen-bond acceptors (Lipinski definition) is 3. The summed E-state index contributed by atoms with van der Waals surface area (Å²) in [6, 6.07) is 10.6. The number of hydrogen-bond donors (Lipinski definition) is 0. The molecule has 2 heterocycles. The highest BCUT2D eigenvalue weighted by Gasteiger charge is 2.34. The van der Waals surface area contributed by atoms with E-state index in [-0.39, 0.29) is 0 Å². The van der Waals surface area contributed by atoms with Crippen LogP contribution in [-0.2, 0) is 11.3 Å². The van der Waals surface area contributed by atoms with Crippen LogP contribution in [0, 0.1) is 5.92 Å². The minimum Gasteiger partial charge on any atom is -0.340 e. The molecule has 1 aromatic heterocycles. The van der Waals surface area contributed by atoms with E-state index in [0.717, 1.165) is 51.1 Å². The molecule has 114 valence electrons. The molecule has 1 aliphatic carbocycles. The molecule has 4 nitrogen and oxygen atoms in total. The summed E-state index contributed by atoms with van der Waals surface area (Å²) in [6.45, 7) is 4.66. The van der Waals surface area contributed by atoms with Gasteiger partial charge in [0.1, 0.15) is 0 Å². The number of aromatic nitrogens is 1. The zero-order valence-electron chi connectivity index (χ0n) is 12.7. The molecule has 0 spiro atoms. The molecule has 1 saturated heterocycles. The van der Waals surface area contributed by atoms with E-state index in [0.29, 0.717) is 11.8 Å². The van der Waals surface area contributed by atoms with Gasteiger partial charge in [0.15, 0.2) is 0 Å². The molecule has 2 fully saturated rings. The molecule has 2 aliphatic rings. The summed E-state index contributed by atoms with van der Waals surface area (Å²) in [6.07, 6.45) is 4.03. The van der Waals surface area contributed by atoms with Crippen LogP contribution >= 0.6 is 0 Å². The second kappa shape index (κ2) is 5.69. The van der Waals surface area contributed by atoms with Crippen molar-refractivity contribution < 1.29 is 4.79 Å². The highest BCUT2D eigenvalue weighted by Crippen LogP contribution is 2.31. The number of benzene rings is 1. The third kappa shape index (κ3) is 2.83. The molecule has 1 aliphatic heterocycles. The number of pyridine rings is 1. The van der Waals surface area contributed by atoms with E-state index in [1.165, 1.54) is 10.9 Å². The number of amides is 1. The predicted octanol–water partition coefficient (Wildman–Crippen LogP) is 2.29. The monoisotopic (exact) mass is 295 g/mol. The van der Waals surface area contributed by atoms with Crippen LogP contribution in [0.3, 0.4) is 0 Å². The van der Waals surface area contributed by atoms with Crippen LogP contribution in [0.5, 0.6) is 0 Å². The van der Waals surface area contributed by atoms with Crippen molar-refractivity contribution in [1.29, 1.82) is 0 Å². The van der Waals surface area contributed by atoms with Crippen molar-refractivity contribution in [3.05, 3.63) is 42.1 Å². The summed E-state index contributed by atoms with van der Waals surface area (Å²) >= 11 is 0. The van der Waals surface area contributed by atoms with Gasteiger partial charge >= 0.3 is 0 Å². The summed E-state index contributed by atoms with van der Waals surface area (Å²) in [7, 11) is 0. The Kier molecular flexibility index (Phi) is 3.54. The average molecular weight is 295 g/mol. The summed E-state index contributed by atoms with van der Waals surface area (Å²) in [5, 5.41) is 1.20. The van der Waals surface area contributed by atoms with Crippen LogP contribution in [0.25, 0.3) is 10.9 Å². The summed E-state index contributed by atoms with van der Waals surface area (Å²) in [5.74, 6) is 0.732. The Morgan fingerprint density at radius 2 is 1.95 bits per heavy atom. The zero-order chi connectivity index (χ0) is 14.9. The van der Waals surface area contributed by atoms with Gasteiger partial charge in [0.25, 0.3) is 0 Å². The van der Waals surface area contributed by atoms with Gasteiger partial charge in [-0.25, -0.2) is 0 Å². The molecule has 4 heteroatoms. The first-order chi connectivity index (χ1) is 10.8. The fourth-order valence-corrected chi connectivity index (χ4v) is 3.20. The lowest BCUT2D eigenvalue weighted by Crippen LogP contribution is -2.48. The number of piperazine rings is 1. The molecule has 0 radical (unpaired) electrons. The van der Waals surface area contributed by atoms with Crippen LogP contribution in [0.2, 0.25) is 0 Å². The van der Waals surface area contributed by atoms with E-state index in [2.05, 4.69) is 39.0 Å². The maximum Gasteiger partial charge on any atom is 0.225 e. The van der Waals surface area contributed by atoms with E-state index < -0.39 is 0 Å². The Morgan fingerprint density at radius 3 is 2.73 bits per heavy atom. The largest absolute Gasteiger partial charge is 0.340 e. The molecule has 0 atom stereocenters. The number of fused-ring (bicyclic) bond motifs is 1. The molecule has 0 bridgehead atoms. The van der Waals surface area contributed by atoms with E-state index in [1.54, 1.807) is 0 Å². The average Bonchev–Trinajstić information content (AvgIpc) is 3.40. The van der Waals surface area contributed by atoms with Gasteiger partial charge in [0.2, 0.25) is 5.91 Å². The molecular formula is C18H21N3O. The number of carbonyl (C=O) groups excluding carboxylic acids is 1. The van der Waals surface area contributed by atoms with Gasteiger partial charge in [-0.15, -0.1) is 0 Å². The normalized spacial score (nSPS) is 19.5. The first kappa shape index (κ1) is 13.7. The molecule has 1 aromatic carbocycles. The highest BCUT2D eigenvalue weighted by atomic mass is 16.2. The Bertz CT molecular complexity index is 688. The van der Waals surface area contributed by atoms with E-state index >= 15 is 0 Å². The Morgan fingerprint density at radius 1 is 1.14 bits per heavy atom. The Hall–Kier alpha value is -1.94. The van der Waals surface area contributed by atoms with Crippen molar-refractivity contribution in [1.82, 2.24) is 14.8 Å². The third-order valence-corrected chi connectivity index (χ3v) is 4.68. The molecule has 0 unspecified atom stereocenters. The molecule has 2 aromatic rings. The fourth-order valence-electron chi connectivity index (χ4n) is 3.20. The quantitative estimate of drug-likeness (QED) is 0.872. The molecule has 22 heavy (non-hydrogen) atoms. The van der Waals surface area contributed by atoms with Gasteiger partial charge in [-0.1, -0.05) is 12.1 Å². The predicted molar refractivity (Wildman–Crippen MR) is 86.3 cm³/mol. The number of carbonyl (C=O) groups is 1. The first-order valence-electron chi connectivity index (χ1n) is 8.14. The first-order valence-corrected chi connectivity index (χ1v) is 8.14. The van der Waals surface area contributed by atoms with E-state index in [1.807, 2.05) is 12.3 Å². The van der Waals surface area contributed by atoms with Gasteiger partial charge in [0, 0.05) is 50.2 Å². The minimum absolute atomic E-state index is 0.347. The van der Waals surface area contributed by atoms with Crippen molar-refractivity contribution in [2.24, 2.45) is 5.92 Å². The lowest BCUT2D eigenvalue weighted by Gasteiger charge is -2.35. The second-order valence-corrected chi connectivity index (χ2v) is 6.41. The molecule has 0 N–H and O–H groups in total. The van der Waals surface area contributed by atoms with Crippen molar-refractivity contribution in [2.45, 2.75) is 19.4 Å². The van der Waals surface area contributed by atoms with E-state index in [9.17, 15) is 4.79 Å². The molecular weight excluding hydrogens is 274 g/mol. The van der Waals surface area contributed by atoms with Crippen molar-refractivity contribution in [3.8, 4) is 0 Å². The number of rotatable bonds is 3. The molecule has 4 rings (SSSR count). The van der Waals surface area contributed by atoms with Crippen LogP contribution in [-0.4, -0.2) is 46.9 Å². The minimum atomic E-state index is 0.347. The van der Waals surface area contributed by atoms with Gasteiger partial charge < -0.3 is 4.90 Å². The van der Waals surface area contributed by atoms with Crippen LogP contribution in [0.15, 0.2) is 36.5 Å². The van der Waals surface area contributed by atoms with Gasteiger partial charge in [-0.2, -0.15) is 0 Å². The molecule has 1 saturated carbocycles. The topological polar surface area (TPSA) is 36.4 Å². The third-order valence-electron chi connectivity index (χ3n) is 4.68. The summed E-state index contributed by atoms with van der Waals surface area (Å²) in [4.78, 5) is 20.9. The maximum absolute atomic E-state index is 12.1. The van der Waals surface area contributed by atoms with Gasteiger partial charge in [0.05, 0.1) is 5.52 Å². The van der Waals surface area contributed by atoms with Crippen molar-refractivity contribution >= 4 is 16.8 Å². The van der Waals surface area contributed by atoms with Crippen molar-refractivity contribution in [2.75, 3.05) is 26.2 Å². The van der Waals surface area contributed by atoms with E-state index in [4.69, 9.17) is 0 Å². The lowest BCUT2D eigenvalue weighted by atomic mass is 10.1. The lowest BCUT2D eigenvalue weighted by molar-refractivity contribution is -0.134. The van der Waals surface area contributed by atoms with Crippen LogP contribution in [0.1, 0.15) is 18.4 Å². The van der Waals surface area contributed by atoms with Gasteiger partial charge in [-0.3, -0.25) is 14.7 Å². The zero-order valence-corrected chi connectivity index (χ0v) is 12.7. The maximum atomic E-state index is 12.1. The standard InChI is InChI=1S/C18H21N3O/c22-18(15-4-5-15)21-10-8-20(9-11-21)13-14-3-6-17-16(12-14)2-1-7-19-17/h1-3,6-7,12,15H,4-5,8-11,13H2. The second-order valence-electron chi connectivity index (χ2n) is 6.41. The number of nitrogens with zero attached hydrogens (tertiary/aromatic N) is 3. The molecule has 1 amide bonds. The summed E-state index contributed by atoms with van der Waals surface area (Å²) in [5.41, 5.74) is 2.37. The van der Waals surface area contributed by atoms with Crippen LogP contribution in [0.4, 0.5) is 0 Å². The van der Waals surface area contributed by atoms with Crippen LogP contribution < -0.4 is 0 Å². The highest BCUT2D eigenvalue weighted by molar-refractivity contribution is 5.81. The van der Waals surface area contributed by atoms with Gasteiger partial charge in [-0.05, 0) is 36.6 Å². The fraction of sp³-hybridized carbons (Fsp3) is 0.444. The Labute approximate surface area is 130 Å². The van der Waals surface area contributed by atoms with Crippen molar-refractivity contribution in [3.63, 3.8) is 0 Å². The summed E-state index contributed by atoms with van der Waals surface area (Å²) < 4.78 is 0. The Balaban J connectivity index is 1.38. The smallest absolute Gasteiger partial charge is 0.225 e. The SMILES string of the molecule is O=C(C1CC1)N1CCN(Cc2ccc3ncccc3c2)CC1.